The van der Waals surface area contributed by atoms with E-state index in [4.69, 9.17) is 0 Å². The van der Waals surface area contributed by atoms with Crippen molar-refractivity contribution >= 4 is 17.2 Å². The molecule has 0 bridgehead atoms. The monoisotopic (exact) mass is 249 g/mol. The molecule has 4 heteroatoms. The van der Waals surface area contributed by atoms with Gasteiger partial charge in [0.05, 0.1) is 4.88 Å². The van der Waals surface area contributed by atoms with Crippen LogP contribution >= 0.6 is 11.3 Å². The first kappa shape index (κ1) is 11.8. The molecule has 0 unspecified atom stereocenters. The number of carbonyl (C=O) groups is 1. The first-order valence-corrected chi connectivity index (χ1v) is 6.06. The largest absolute Gasteiger partial charge is 0.347 e. The number of thiophene rings is 1. The highest BCUT2D eigenvalue weighted by molar-refractivity contribution is 7.13. The lowest BCUT2D eigenvalue weighted by molar-refractivity contribution is 0.0955. The van der Waals surface area contributed by atoms with Crippen LogP contribution in [0.25, 0.3) is 0 Å². The average molecular weight is 249 g/mol. The van der Waals surface area contributed by atoms with Crippen molar-refractivity contribution in [1.29, 1.82) is 0 Å². The molecule has 0 aliphatic rings. The summed E-state index contributed by atoms with van der Waals surface area (Å²) in [5.41, 5.74) is 0.756. The lowest BCUT2D eigenvalue weighted by Crippen LogP contribution is -2.21. The van der Waals surface area contributed by atoms with Crippen molar-refractivity contribution in [3.8, 4) is 0 Å². The number of benzene rings is 1. The normalized spacial score (nSPS) is 10.2. The molecule has 2 rings (SSSR count). The number of carbonyl (C=O) groups excluding carboxylic acids is 1. The van der Waals surface area contributed by atoms with E-state index >= 15 is 0 Å². The van der Waals surface area contributed by atoms with Crippen LogP contribution in [0.3, 0.4) is 0 Å². The van der Waals surface area contributed by atoms with Gasteiger partial charge in [-0.15, -0.1) is 11.3 Å². The minimum absolute atomic E-state index is 0.118. The van der Waals surface area contributed by atoms with Crippen molar-refractivity contribution in [2.24, 2.45) is 0 Å². The van der Waals surface area contributed by atoms with Crippen LogP contribution in [-0.4, -0.2) is 5.91 Å². The predicted octanol–water partition coefficient (Wildman–Crippen LogP) is 3.13. The van der Waals surface area contributed by atoms with Gasteiger partial charge in [0.2, 0.25) is 0 Å². The predicted molar refractivity (Wildman–Crippen MR) is 66.6 cm³/mol. The van der Waals surface area contributed by atoms with Gasteiger partial charge in [0.15, 0.2) is 0 Å². The number of nitrogens with one attached hydrogen (secondary N) is 1. The Morgan fingerprint density at radius 2 is 2.18 bits per heavy atom. The molecule has 0 spiro atoms. The number of hydrogen-bond acceptors (Lipinski definition) is 2. The molecule has 2 aromatic rings. The molecule has 17 heavy (non-hydrogen) atoms. The summed E-state index contributed by atoms with van der Waals surface area (Å²) < 4.78 is 12.9. The van der Waals surface area contributed by atoms with Crippen molar-refractivity contribution in [3.63, 3.8) is 0 Å². The van der Waals surface area contributed by atoms with Crippen LogP contribution < -0.4 is 5.32 Å². The summed E-state index contributed by atoms with van der Waals surface area (Å²) in [5.74, 6) is -0.406. The average Bonchev–Trinajstić information content (AvgIpc) is 2.73. The zero-order valence-electron chi connectivity index (χ0n) is 9.37. The summed E-state index contributed by atoms with van der Waals surface area (Å²) in [6.45, 7) is 2.29. The maximum absolute atomic E-state index is 12.9. The van der Waals surface area contributed by atoms with Crippen LogP contribution in [0.2, 0.25) is 0 Å². The van der Waals surface area contributed by atoms with E-state index in [9.17, 15) is 9.18 Å². The molecule has 0 aliphatic heterocycles. The fourth-order valence-corrected chi connectivity index (χ4v) is 2.26. The molecule has 1 aromatic carbocycles. The molecule has 1 heterocycles. The SMILES string of the molecule is Cc1ccc(C(=O)NCc2cccc(F)c2)s1. The molecule has 0 saturated heterocycles. The van der Waals surface area contributed by atoms with Gasteiger partial charge in [-0.1, -0.05) is 12.1 Å². The van der Waals surface area contributed by atoms with E-state index in [-0.39, 0.29) is 11.7 Å². The molecule has 1 N–H and O–H groups in total. The first-order valence-electron chi connectivity index (χ1n) is 5.24. The van der Waals surface area contributed by atoms with Gasteiger partial charge in [-0.05, 0) is 36.8 Å². The van der Waals surface area contributed by atoms with Crippen molar-refractivity contribution in [2.75, 3.05) is 0 Å². The van der Waals surface area contributed by atoms with E-state index in [1.807, 2.05) is 13.0 Å². The lowest BCUT2D eigenvalue weighted by Gasteiger charge is -2.03. The number of rotatable bonds is 3. The third-order valence-corrected chi connectivity index (χ3v) is 3.31. The Morgan fingerprint density at radius 3 is 2.82 bits per heavy atom. The van der Waals surface area contributed by atoms with Crippen molar-refractivity contribution in [3.05, 3.63) is 57.5 Å². The van der Waals surface area contributed by atoms with Gasteiger partial charge in [0.25, 0.3) is 5.91 Å². The van der Waals surface area contributed by atoms with E-state index in [1.165, 1.54) is 23.5 Å². The Hall–Kier alpha value is -1.68. The summed E-state index contributed by atoms with van der Waals surface area (Å²) in [7, 11) is 0. The Kier molecular flexibility index (Phi) is 3.54. The molecular formula is C13H12FNOS. The third kappa shape index (κ3) is 3.14. The van der Waals surface area contributed by atoms with Crippen LogP contribution in [0.5, 0.6) is 0 Å². The lowest BCUT2D eigenvalue weighted by atomic mass is 10.2. The van der Waals surface area contributed by atoms with Crippen molar-refractivity contribution < 1.29 is 9.18 Å². The van der Waals surface area contributed by atoms with E-state index in [2.05, 4.69) is 5.32 Å². The van der Waals surface area contributed by atoms with Crippen LogP contribution in [0, 0.1) is 12.7 Å². The van der Waals surface area contributed by atoms with Gasteiger partial charge in [-0.2, -0.15) is 0 Å². The van der Waals surface area contributed by atoms with E-state index in [0.29, 0.717) is 11.4 Å². The van der Waals surface area contributed by atoms with Gasteiger partial charge < -0.3 is 5.32 Å². The summed E-state index contributed by atoms with van der Waals surface area (Å²) in [6.07, 6.45) is 0. The van der Waals surface area contributed by atoms with E-state index in [0.717, 1.165) is 10.4 Å². The summed E-state index contributed by atoms with van der Waals surface area (Å²) >= 11 is 1.45. The zero-order chi connectivity index (χ0) is 12.3. The topological polar surface area (TPSA) is 29.1 Å². The Bertz CT molecular complexity index is 536. The Balaban J connectivity index is 1.97. The molecule has 0 atom stereocenters. The second-order valence-electron chi connectivity index (χ2n) is 3.72. The maximum atomic E-state index is 12.9. The standard InChI is InChI=1S/C13H12FNOS/c1-9-5-6-12(17-9)13(16)15-8-10-3-2-4-11(14)7-10/h2-7H,8H2,1H3,(H,15,16). The second kappa shape index (κ2) is 5.10. The summed E-state index contributed by atoms with van der Waals surface area (Å²) in [5, 5.41) is 2.76. The number of aryl methyl sites for hydroxylation is 1. The molecule has 0 radical (unpaired) electrons. The fourth-order valence-electron chi connectivity index (χ4n) is 1.47. The highest BCUT2D eigenvalue weighted by Gasteiger charge is 2.07. The minimum atomic E-state index is -0.288. The second-order valence-corrected chi connectivity index (χ2v) is 5.01. The Morgan fingerprint density at radius 1 is 1.35 bits per heavy atom. The van der Waals surface area contributed by atoms with Gasteiger partial charge in [0, 0.05) is 11.4 Å². The smallest absolute Gasteiger partial charge is 0.261 e. The number of hydrogen-bond donors (Lipinski definition) is 1. The van der Waals surface area contributed by atoms with Gasteiger partial charge >= 0.3 is 0 Å². The van der Waals surface area contributed by atoms with Gasteiger partial charge in [-0.3, -0.25) is 4.79 Å². The number of amides is 1. The summed E-state index contributed by atoms with van der Waals surface area (Å²) in [4.78, 5) is 13.5. The Labute approximate surface area is 103 Å². The van der Waals surface area contributed by atoms with E-state index in [1.54, 1.807) is 18.2 Å². The third-order valence-electron chi connectivity index (χ3n) is 2.31. The van der Waals surface area contributed by atoms with Crippen LogP contribution in [0.15, 0.2) is 36.4 Å². The van der Waals surface area contributed by atoms with Gasteiger partial charge in [-0.25, -0.2) is 4.39 Å². The summed E-state index contributed by atoms with van der Waals surface area (Å²) in [6, 6.07) is 9.91. The van der Waals surface area contributed by atoms with Gasteiger partial charge in [0.1, 0.15) is 5.82 Å². The zero-order valence-corrected chi connectivity index (χ0v) is 10.2. The van der Waals surface area contributed by atoms with Crippen molar-refractivity contribution in [1.82, 2.24) is 5.32 Å². The first-order chi connectivity index (χ1) is 8.15. The fraction of sp³-hybridized carbons (Fsp3) is 0.154. The van der Waals surface area contributed by atoms with Crippen LogP contribution in [0.4, 0.5) is 4.39 Å². The highest BCUT2D eigenvalue weighted by Crippen LogP contribution is 2.14. The molecule has 88 valence electrons. The highest BCUT2D eigenvalue weighted by atomic mass is 32.1. The molecule has 1 aromatic heterocycles. The molecule has 0 aliphatic carbocycles. The minimum Gasteiger partial charge on any atom is -0.347 e. The van der Waals surface area contributed by atoms with E-state index < -0.39 is 0 Å². The molecular weight excluding hydrogens is 237 g/mol. The van der Waals surface area contributed by atoms with Crippen LogP contribution in [-0.2, 0) is 6.54 Å². The molecule has 1 amide bonds. The van der Waals surface area contributed by atoms with Crippen molar-refractivity contribution in [2.45, 2.75) is 13.5 Å². The van der Waals surface area contributed by atoms with Crippen LogP contribution in [0.1, 0.15) is 20.1 Å². The molecule has 0 fully saturated rings. The molecule has 2 nitrogen and oxygen atoms in total. The molecule has 0 saturated carbocycles. The number of halogens is 1. The maximum Gasteiger partial charge on any atom is 0.261 e. The quantitative estimate of drug-likeness (QED) is 0.889.